The quantitative estimate of drug-likeness (QED) is 0.853. The first-order valence-electron chi connectivity index (χ1n) is 9.42. The number of likely N-dealkylation sites (N-methyl/N-ethyl adjacent to an activating group) is 1. The molecule has 5 heteroatoms. The van der Waals surface area contributed by atoms with Crippen LogP contribution in [0.1, 0.15) is 30.0 Å². The van der Waals surface area contributed by atoms with Crippen LogP contribution in [0.5, 0.6) is 5.75 Å². The number of rotatable bonds is 6. The summed E-state index contributed by atoms with van der Waals surface area (Å²) in [5.74, 6) is 1.17. The van der Waals surface area contributed by atoms with Crippen LogP contribution >= 0.6 is 0 Å². The summed E-state index contributed by atoms with van der Waals surface area (Å²) < 4.78 is 5.44. The molecule has 0 radical (unpaired) electrons. The minimum Gasteiger partial charge on any atom is -0.496 e. The number of carbonyl (C=O) groups is 1. The van der Waals surface area contributed by atoms with Gasteiger partial charge in [-0.05, 0) is 18.6 Å². The predicted molar refractivity (Wildman–Crippen MR) is 108 cm³/mol. The van der Waals surface area contributed by atoms with Crippen molar-refractivity contribution < 1.29 is 9.53 Å². The zero-order valence-electron chi connectivity index (χ0n) is 16.3. The zero-order chi connectivity index (χ0) is 19.4. The second-order valence-corrected chi connectivity index (χ2v) is 7.30. The molecule has 2 aromatic carbocycles. The number of para-hydroxylation sites is 1. The highest BCUT2D eigenvalue weighted by molar-refractivity contribution is 5.78. The van der Waals surface area contributed by atoms with Crippen molar-refractivity contribution in [1.29, 1.82) is 0 Å². The standard InChI is InChI=1S/C22H29N3O2/c1-16(18-11-7-8-12-21(18)27-3)24(2)22(26)15-25-13-19(20(23)14-25)17-9-5-4-6-10-17/h4-12,16,19-20H,13-15,23H2,1-3H3/t16?,19-,20+/m0/s1. The van der Waals surface area contributed by atoms with Gasteiger partial charge in [0.1, 0.15) is 5.75 Å². The summed E-state index contributed by atoms with van der Waals surface area (Å²) in [7, 11) is 3.51. The van der Waals surface area contributed by atoms with Gasteiger partial charge in [0.25, 0.3) is 0 Å². The van der Waals surface area contributed by atoms with Gasteiger partial charge in [-0.2, -0.15) is 0 Å². The lowest BCUT2D eigenvalue weighted by molar-refractivity contribution is -0.132. The predicted octanol–water partition coefficient (Wildman–Crippen LogP) is 2.64. The van der Waals surface area contributed by atoms with Crippen molar-refractivity contribution in [2.45, 2.75) is 24.9 Å². The molecule has 0 bridgehead atoms. The van der Waals surface area contributed by atoms with E-state index >= 15 is 0 Å². The van der Waals surface area contributed by atoms with Crippen molar-refractivity contribution >= 4 is 5.91 Å². The zero-order valence-corrected chi connectivity index (χ0v) is 16.3. The molecule has 1 aliphatic heterocycles. The Morgan fingerprint density at radius 1 is 1.19 bits per heavy atom. The fourth-order valence-corrected chi connectivity index (χ4v) is 3.83. The third-order valence-electron chi connectivity index (χ3n) is 5.59. The number of nitrogens with zero attached hydrogens (tertiary/aromatic N) is 2. The van der Waals surface area contributed by atoms with Crippen LogP contribution in [0.15, 0.2) is 54.6 Å². The van der Waals surface area contributed by atoms with Crippen LogP contribution < -0.4 is 10.5 Å². The molecule has 0 aromatic heterocycles. The van der Waals surface area contributed by atoms with Crippen molar-refractivity contribution in [3.63, 3.8) is 0 Å². The second kappa shape index (κ2) is 8.55. The molecule has 3 atom stereocenters. The van der Waals surface area contributed by atoms with Crippen LogP contribution in [-0.4, -0.2) is 55.5 Å². The Balaban J connectivity index is 1.63. The molecule has 0 spiro atoms. The van der Waals surface area contributed by atoms with Gasteiger partial charge >= 0.3 is 0 Å². The van der Waals surface area contributed by atoms with Crippen molar-refractivity contribution in [2.24, 2.45) is 5.73 Å². The third kappa shape index (κ3) is 4.31. The monoisotopic (exact) mass is 367 g/mol. The largest absolute Gasteiger partial charge is 0.496 e. The topological polar surface area (TPSA) is 58.8 Å². The van der Waals surface area contributed by atoms with E-state index in [-0.39, 0.29) is 23.9 Å². The Morgan fingerprint density at radius 2 is 1.85 bits per heavy atom. The lowest BCUT2D eigenvalue weighted by Crippen LogP contribution is -2.39. The van der Waals surface area contributed by atoms with Gasteiger partial charge in [0.15, 0.2) is 0 Å². The molecule has 1 heterocycles. The van der Waals surface area contributed by atoms with Crippen LogP contribution in [0.25, 0.3) is 0 Å². The van der Waals surface area contributed by atoms with Gasteiger partial charge in [-0.25, -0.2) is 0 Å². The van der Waals surface area contributed by atoms with E-state index in [4.69, 9.17) is 10.5 Å². The lowest BCUT2D eigenvalue weighted by atomic mass is 9.95. The summed E-state index contributed by atoms with van der Waals surface area (Å²) >= 11 is 0. The van der Waals surface area contributed by atoms with E-state index in [1.807, 2.05) is 56.4 Å². The Labute approximate surface area is 161 Å². The third-order valence-corrected chi connectivity index (χ3v) is 5.59. The van der Waals surface area contributed by atoms with E-state index in [1.54, 1.807) is 12.0 Å². The van der Waals surface area contributed by atoms with Gasteiger partial charge < -0.3 is 15.4 Å². The molecule has 1 amide bonds. The first kappa shape index (κ1) is 19.4. The lowest BCUT2D eigenvalue weighted by Gasteiger charge is -2.28. The van der Waals surface area contributed by atoms with Gasteiger partial charge in [0.2, 0.25) is 5.91 Å². The molecule has 0 aliphatic carbocycles. The SMILES string of the molecule is COc1ccccc1C(C)N(C)C(=O)CN1C[C@@H](N)[C@H](c2ccccc2)C1. The fraction of sp³-hybridized carbons (Fsp3) is 0.409. The van der Waals surface area contributed by atoms with Gasteiger partial charge in [-0.15, -0.1) is 0 Å². The van der Waals surface area contributed by atoms with E-state index in [0.29, 0.717) is 6.54 Å². The number of likely N-dealkylation sites (tertiary alicyclic amines) is 1. The van der Waals surface area contributed by atoms with Gasteiger partial charge in [-0.1, -0.05) is 48.5 Å². The summed E-state index contributed by atoms with van der Waals surface area (Å²) in [6, 6.07) is 18.2. The smallest absolute Gasteiger partial charge is 0.236 e. The summed E-state index contributed by atoms with van der Waals surface area (Å²) in [5, 5.41) is 0. The van der Waals surface area contributed by atoms with Crippen LogP contribution in [0.3, 0.4) is 0 Å². The number of benzene rings is 2. The highest BCUT2D eigenvalue weighted by atomic mass is 16.5. The molecule has 2 N–H and O–H groups in total. The summed E-state index contributed by atoms with van der Waals surface area (Å²) in [6.07, 6.45) is 0. The molecule has 2 aromatic rings. The van der Waals surface area contributed by atoms with Gasteiger partial charge in [0.05, 0.1) is 19.7 Å². The minimum absolute atomic E-state index is 0.0529. The molecule has 5 nitrogen and oxygen atoms in total. The average Bonchev–Trinajstić information content (AvgIpc) is 3.07. The number of nitrogens with two attached hydrogens (primary N) is 1. The summed E-state index contributed by atoms with van der Waals surface area (Å²) in [4.78, 5) is 16.8. The number of hydrogen-bond donors (Lipinski definition) is 1. The molecule has 1 unspecified atom stereocenters. The molecule has 1 fully saturated rings. The van der Waals surface area contributed by atoms with E-state index in [0.717, 1.165) is 24.4 Å². The Kier molecular flexibility index (Phi) is 6.14. The van der Waals surface area contributed by atoms with E-state index < -0.39 is 0 Å². The van der Waals surface area contributed by atoms with Crippen molar-refractivity contribution in [3.05, 3.63) is 65.7 Å². The molecule has 1 aliphatic rings. The summed E-state index contributed by atoms with van der Waals surface area (Å²) in [5.41, 5.74) is 8.62. The Morgan fingerprint density at radius 3 is 2.56 bits per heavy atom. The Hall–Kier alpha value is -2.37. The normalized spacial score (nSPS) is 21.0. The molecule has 1 saturated heterocycles. The first-order chi connectivity index (χ1) is 13.0. The van der Waals surface area contributed by atoms with Gasteiger partial charge in [-0.3, -0.25) is 9.69 Å². The van der Waals surface area contributed by atoms with E-state index in [9.17, 15) is 4.79 Å². The second-order valence-electron chi connectivity index (χ2n) is 7.30. The maximum Gasteiger partial charge on any atom is 0.236 e. The highest BCUT2D eigenvalue weighted by Crippen LogP contribution is 2.29. The van der Waals surface area contributed by atoms with Crippen LogP contribution in [-0.2, 0) is 4.79 Å². The van der Waals surface area contributed by atoms with Crippen molar-refractivity contribution in [2.75, 3.05) is 33.8 Å². The minimum atomic E-state index is -0.0603. The highest BCUT2D eigenvalue weighted by Gasteiger charge is 2.33. The number of methoxy groups -OCH3 is 1. The molecule has 144 valence electrons. The van der Waals surface area contributed by atoms with Crippen LogP contribution in [0.4, 0.5) is 0 Å². The number of amides is 1. The molecule has 27 heavy (non-hydrogen) atoms. The summed E-state index contributed by atoms with van der Waals surface area (Å²) in [6.45, 7) is 3.96. The Bertz CT molecular complexity index is 765. The molecular formula is C22H29N3O2. The average molecular weight is 367 g/mol. The molecule has 0 saturated carbocycles. The first-order valence-corrected chi connectivity index (χ1v) is 9.42. The number of carbonyl (C=O) groups excluding carboxylic acids is 1. The van der Waals surface area contributed by atoms with E-state index in [1.165, 1.54) is 5.56 Å². The van der Waals surface area contributed by atoms with E-state index in [2.05, 4.69) is 17.0 Å². The van der Waals surface area contributed by atoms with Crippen molar-refractivity contribution in [1.82, 2.24) is 9.80 Å². The maximum atomic E-state index is 12.9. The maximum absolute atomic E-state index is 12.9. The molecular weight excluding hydrogens is 338 g/mol. The number of ether oxygens (including phenoxy) is 1. The van der Waals surface area contributed by atoms with Crippen LogP contribution in [0.2, 0.25) is 0 Å². The van der Waals surface area contributed by atoms with Crippen LogP contribution in [0, 0.1) is 0 Å². The van der Waals surface area contributed by atoms with Crippen molar-refractivity contribution in [3.8, 4) is 5.75 Å². The fourth-order valence-electron chi connectivity index (χ4n) is 3.83. The molecule has 3 rings (SSSR count). The van der Waals surface area contributed by atoms with Gasteiger partial charge in [0, 0.05) is 37.7 Å². The number of hydrogen-bond acceptors (Lipinski definition) is 4.